The first-order chi connectivity index (χ1) is 9.61. The number of nitrogens with zero attached hydrogens (tertiary/aromatic N) is 1. The number of pyridine rings is 1. The molecule has 0 saturated carbocycles. The zero-order valence-electron chi connectivity index (χ0n) is 12.2. The van der Waals surface area contributed by atoms with E-state index < -0.39 is 0 Å². The van der Waals surface area contributed by atoms with Crippen molar-refractivity contribution < 1.29 is 9.53 Å². The first-order valence-electron chi connectivity index (χ1n) is 7.13. The number of rotatable bonds is 4. The molecule has 20 heavy (non-hydrogen) atoms. The van der Waals surface area contributed by atoms with Gasteiger partial charge in [0.1, 0.15) is 0 Å². The number of carbonyl (C=O) groups excluding carboxylic acids is 1. The van der Waals surface area contributed by atoms with Gasteiger partial charge in [0, 0.05) is 26.0 Å². The second-order valence-corrected chi connectivity index (χ2v) is 5.43. The standard InChI is InChI=1S/C15H23N3O2/c1-10-7-14(11(2)17-9-10)18-15(19)13(8-16)12-3-5-20-6-4-12/h7,9,12-13H,3-6,8,16H2,1-2H3,(H,18,19). The summed E-state index contributed by atoms with van der Waals surface area (Å²) in [6.45, 7) is 5.66. The van der Waals surface area contributed by atoms with E-state index in [4.69, 9.17) is 10.5 Å². The summed E-state index contributed by atoms with van der Waals surface area (Å²) in [6, 6.07) is 1.94. The van der Waals surface area contributed by atoms with E-state index in [2.05, 4.69) is 10.3 Å². The first kappa shape index (κ1) is 14.9. The SMILES string of the molecule is Cc1cnc(C)c(NC(=O)C(CN)C2CCOCC2)c1. The van der Waals surface area contributed by atoms with Gasteiger partial charge in [-0.3, -0.25) is 9.78 Å². The highest BCUT2D eigenvalue weighted by Crippen LogP contribution is 2.25. The van der Waals surface area contributed by atoms with E-state index in [1.54, 1.807) is 6.20 Å². The minimum absolute atomic E-state index is 0.00472. The van der Waals surface area contributed by atoms with Crippen molar-refractivity contribution in [3.63, 3.8) is 0 Å². The molecule has 5 nitrogen and oxygen atoms in total. The molecule has 0 radical (unpaired) electrons. The Kier molecular flexibility index (Phi) is 5.09. The molecule has 1 aliphatic heterocycles. The van der Waals surface area contributed by atoms with Gasteiger partial charge in [0.25, 0.3) is 0 Å². The third-order valence-electron chi connectivity index (χ3n) is 3.91. The van der Waals surface area contributed by atoms with Crippen LogP contribution in [0.2, 0.25) is 0 Å². The van der Waals surface area contributed by atoms with Crippen LogP contribution in [0.4, 0.5) is 5.69 Å². The molecule has 5 heteroatoms. The number of nitrogens with two attached hydrogens (primary N) is 1. The van der Waals surface area contributed by atoms with Gasteiger partial charge in [-0.25, -0.2) is 0 Å². The van der Waals surface area contributed by atoms with Crippen LogP contribution in [0.5, 0.6) is 0 Å². The summed E-state index contributed by atoms with van der Waals surface area (Å²) in [6.07, 6.45) is 3.60. The monoisotopic (exact) mass is 277 g/mol. The van der Waals surface area contributed by atoms with E-state index in [0.717, 1.165) is 43.0 Å². The number of nitrogens with one attached hydrogen (secondary N) is 1. The van der Waals surface area contributed by atoms with Gasteiger partial charge in [-0.1, -0.05) is 0 Å². The zero-order valence-corrected chi connectivity index (χ0v) is 12.2. The van der Waals surface area contributed by atoms with E-state index in [1.165, 1.54) is 0 Å². The topological polar surface area (TPSA) is 77.2 Å². The summed E-state index contributed by atoms with van der Waals surface area (Å²) in [7, 11) is 0. The summed E-state index contributed by atoms with van der Waals surface area (Å²) in [5.74, 6) is 0.153. The Morgan fingerprint density at radius 2 is 2.20 bits per heavy atom. The molecule has 1 unspecified atom stereocenters. The highest BCUT2D eigenvalue weighted by molar-refractivity contribution is 5.93. The molecule has 0 bridgehead atoms. The summed E-state index contributed by atoms with van der Waals surface area (Å²) >= 11 is 0. The maximum absolute atomic E-state index is 12.4. The van der Waals surface area contributed by atoms with Gasteiger partial charge >= 0.3 is 0 Å². The third kappa shape index (κ3) is 3.55. The number of hydrogen-bond acceptors (Lipinski definition) is 4. The van der Waals surface area contributed by atoms with Crippen LogP contribution < -0.4 is 11.1 Å². The fourth-order valence-corrected chi connectivity index (χ4v) is 2.62. The van der Waals surface area contributed by atoms with Crippen molar-refractivity contribution >= 4 is 11.6 Å². The molecular weight excluding hydrogens is 254 g/mol. The predicted molar refractivity (Wildman–Crippen MR) is 78.4 cm³/mol. The molecule has 0 spiro atoms. The van der Waals surface area contributed by atoms with Crippen molar-refractivity contribution in [1.29, 1.82) is 0 Å². The molecule has 1 fully saturated rings. The van der Waals surface area contributed by atoms with Crippen LogP contribution in [0, 0.1) is 25.7 Å². The lowest BCUT2D eigenvalue weighted by atomic mass is 9.85. The molecule has 1 aromatic rings. The minimum atomic E-state index is -0.154. The average molecular weight is 277 g/mol. The normalized spacial score (nSPS) is 17.8. The summed E-state index contributed by atoms with van der Waals surface area (Å²) < 4.78 is 5.34. The molecule has 1 aliphatic rings. The van der Waals surface area contributed by atoms with Gasteiger partial charge in [-0.05, 0) is 44.2 Å². The Balaban J connectivity index is 2.06. The van der Waals surface area contributed by atoms with Crippen molar-refractivity contribution in [2.75, 3.05) is 25.1 Å². The maximum Gasteiger partial charge on any atom is 0.229 e. The van der Waals surface area contributed by atoms with Crippen LogP contribution in [-0.4, -0.2) is 30.6 Å². The molecule has 1 atom stereocenters. The average Bonchev–Trinajstić information content (AvgIpc) is 2.45. The van der Waals surface area contributed by atoms with Gasteiger partial charge in [-0.15, -0.1) is 0 Å². The minimum Gasteiger partial charge on any atom is -0.381 e. The predicted octanol–water partition coefficient (Wildman–Crippen LogP) is 1.64. The zero-order chi connectivity index (χ0) is 14.5. The lowest BCUT2D eigenvalue weighted by molar-refractivity contribution is -0.122. The van der Waals surface area contributed by atoms with Crippen molar-refractivity contribution in [2.24, 2.45) is 17.6 Å². The van der Waals surface area contributed by atoms with Crippen LogP contribution in [0.3, 0.4) is 0 Å². The van der Waals surface area contributed by atoms with Crippen LogP contribution in [0.25, 0.3) is 0 Å². The molecule has 0 aromatic carbocycles. The Hall–Kier alpha value is -1.46. The summed E-state index contributed by atoms with van der Waals surface area (Å²) in [5.41, 5.74) is 8.44. The van der Waals surface area contributed by atoms with Gasteiger partial charge in [0.05, 0.1) is 17.3 Å². The lowest BCUT2D eigenvalue weighted by Gasteiger charge is -2.28. The largest absolute Gasteiger partial charge is 0.381 e. The van der Waals surface area contributed by atoms with E-state index in [0.29, 0.717) is 12.5 Å². The number of amides is 1. The summed E-state index contributed by atoms with van der Waals surface area (Å²) in [5, 5.41) is 2.98. The van der Waals surface area contributed by atoms with Crippen molar-refractivity contribution in [1.82, 2.24) is 4.98 Å². The Morgan fingerprint density at radius 3 is 2.85 bits per heavy atom. The smallest absolute Gasteiger partial charge is 0.229 e. The van der Waals surface area contributed by atoms with Crippen molar-refractivity contribution in [3.05, 3.63) is 23.5 Å². The Morgan fingerprint density at radius 1 is 1.50 bits per heavy atom. The second kappa shape index (κ2) is 6.81. The summed E-state index contributed by atoms with van der Waals surface area (Å²) in [4.78, 5) is 16.7. The van der Waals surface area contributed by atoms with Gasteiger partial charge < -0.3 is 15.8 Å². The molecule has 110 valence electrons. The molecule has 0 aliphatic carbocycles. The van der Waals surface area contributed by atoms with Gasteiger partial charge in [0.2, 0.25) is 5.91 Å². The van der Waals surface area contributed by atoms with Crippen LogP contribution in [0.15, 0.2) is 12.3 Å². The lowest BCUT2D eigenvalue weighted by Crippen LogP contribution is -2.37. The van der Waals surface area contributed by atoms with Crippen molar-refractivity contribution in [2.45, 2.75) is 26.7 Å². The fraction of sp³-hybridized carbons (Fsp3) is 0.600. The van der Waals surface area contributed by atoms with E-state index in [9.17, 15) is 4.79 Å². The van der Waals surface area contributed by atoms with Crippen LogP contribution >= 0.6 is 0 Å². The van der Waals surface area contributed by atoms with Gasteiger partial charge in [0.15, 0.2) is 0 Å². The third-order valence-corrected chi connectivity index (χ3v) is 3.91. The van der Waals surface area contributed by atoms with E-state index >= 15 is 0 Å². The van der Waals surface area contributed by atoms with Gasteiger partial charge in [-0.2, -0.15) is 0 Å². The van der Waals surface area contributed by atoms with E-state index in [1.807, 2.05) is 19.9 Å². The van der Waals surface area contributed by atoms with E-state index in [-0.39, 0.29) is 11.8 Å². The Bertz CT molecular complexity index is 470. The molecule has 3 N–H and O–H groups in total. The molecule has 1 amide bonds. The Labute approximate surface area is 119 Å². The number of anilines is 1. The quantitative estimate of drug-likeness (QED) is 0.877. The number of hydrogen-bond donors (Lipinski definition) is 2. The number of aryl methyl sites for hydroxylation is 2. The molecular formula is C15H23N3O2. The highest BCUT2D eigenvalue weighted by Gasteiger charge is 2.29. The molecule has 1 saturated heterocycles. The molecule has 1 aromatic heterocycles. The molecule has 2 rings (SSSR count). The van der Waals surface area contributed by atoms with Crippen LogP contribution in [-0.2, 0) is 9.53 Å². The number of ether oxygens (including phenoxy) is 1. The first-order valence-corrected chi connectivity index (χ1v) is 7.13. The highest BCUT2D eigenvalue weighted by atomic mass is 16.5. The van der Waals surface area contributed by atoms with Crippen molar-refractivity contribution in [3.8, 4) is 0 Å². The van der Waals surface area contributed by atoms with Crippen LogP contribution in [0.1, 0.15) is 24.1 Å². The second-order valence-electron chi connectivity index (χ2n) is 5.43. The maximum atomic E-state index is 12.4. The fourth-order valence-electron chi connectivity index (χ4n) is 2.62. The molecule has 2 heterocycles. The number of aromatic nitrogens is 1. The number of carbonyl (C=O) groups is 1.